The van der Waals surface area contributed by atoms with E-state index in [0.717, 1.165) is 17.6 Å². The Morgan fingerprint density at radius 3 is 2.40 bits per heavy atom. The van der Waals surface area contributed by atoms with Gasteiger partial charge in [-0.05, 0) is 24.3 Å². The number of carbonyl (C=O) groups is 1. The first-order valence-electron chi connectivity index (χ1n) is 5.15. The van der Waals surface area contributed by atoms with Gasteiger partial charge in [0.25, 0.3) is 5.19 Å². The van der Waals surface area contributed by atoms with Crippen LogP contribution in [0.15, 0.2) is 29.2 Å². The summed E-state index contributed by atoms with van der Waals surface area (Å²) in [4.78, 5) is 14.6. The second kappa shape index (κ2) is 5.39. The third-order valence-electron chi connectivity index (χ3n) is 2.22. The first-order valence-corrected chi connectivity index (χ1v) is 8.23. The summed E-state index contributed by atoms with van der Waals surface area (Å²) in [6.45, 7) is 0. The van der Waals surface area contributed by atoms with E-state index in [0.29, 0.717) is 5.75 Å². The first kappa shape index (κ1) is 14.8. The number of hydrogen-bond acceptors (Lipinski definition) is 6. The van der Waals surface area contributed by atoms with E-state index in [4.69, 9.17) is 21.4 Å². The summed E-state index contributed by atoms with van der Waals surface area (Å²) in [6.07, 6.45) is 1.10. The molecule has 0 saturated heterocycles. The zero-order valence-electron chi connectivity index (χ0n) is 10.0. The van der Waals surface area contributed by atoms with Gasteiger partial charge < -0.3 is 9.84 Å². The third kappa shape index (κ3) is 3.27. The van der Waals surface area contributed by atoms with Crippen molar-refractivity contribution in [2.24, 2.45) is 0 Å². The minimum atomic E-state index is -3.27. The van der Waals surface area contributed by atoms with E-state index in [1.807, 2.05) is 0 Å². The quantitative estimate of drug-likeness (QED) is 0.924. The molecule has 0 spiro atoms. The summed E-state index contributed by atoms with van der Waals surface area (Å²) in [5.74, 6) is -0.852. The molecule has 0 bridgehead atoms. The topological polar surface area (TPSA) is 93.6 Å². The number of rotatable bonds is 4. The Hall–Kier alpha value is -1.64. The molecule has 1 heterocycles. The van der Waals surface area contributed by atoms with Gasteiger partial charge in [-0.25, -0.2) is 13.2 Å². The van der Waals surface area contributed by atoms with E-state index in [9.17, 15) is 13.2 Å². The van der Waals surface area contributed by atoms with Gasteiger partial charge in [-0.1, -0.05) is 22.9 Å². The van der Waals surface area contributed by atoms with Crippen LogP contribution in [0.1, 0.15) is 9.67 Å². The third-order valence-corrected chi connectivity index (χ3v) is 4.65. The van der Waals surface area contributed by atoms with Crippen LogP contribution in [0.4, 0.5) is 0 Å². The number of carboxylic acids is 1. The van der Waals surface area contributed by atoms with Gasteiger partial charge >= 0.3 is 5.97 Å². The van der Waals surface area contributed by atoms with Crippen molar-refractivity contribution in [3.63, 3.8) is 0 Å². The van der Waals surface area contributed by atoms with Crippen molar-refractivity contribution < 1.29 is 23.1 Å². The van der Waals surface area contributed by atoms with E-state index in [-0.39, 0.29) is 20.1 Å². The fourth-order valence-corrected chi connectivity index (χ4v) is 2.93. The number of sulfone groups is 1. The lowest BCUT2D eigenvalue weighted by Gasteiger charge is -2.02. The van der Waals surface area contributed by atoms with E-state index < -0.39 is 15.8 Å². The molecule has 0 unspecified atom stereocenters. The van der Waals surface area contributed by atoms with Gasteiger partial charge in [0, 0.05) is 6.26 Å². The molecular formula is C11H8ClNO5S2. The minimum Gasteiger partial charge on any atom is -0.477 e. The van der Waals surface area contributed by atoms with Crippen molar-refractivity contribution >= 4 is 38.7 Å². The van der Waals surface area contributed by atoms with E-state index in [1.54, 1.807) is 0 Å². The van der Waals surface area contributed by atoms with Gasteiger partial charge in [-0.3, -0.25) is 0 Å². The fraction of sp³-hybridized carbons (Fsp3) is 0.0909. The Kier molecular flexibility index (Phi) is 3.98. The molecule has 0 aliphatic rings. The summed E-state index contributed by atoms with van der Waals surface area (Å²) in [5.41, 5.74) is 0. The summed E-state index contributed by atoms with van der Waals surface area (Å²) < 4.78 is 27.9. The smallest absolute Gasteiger partial charge is 0.349 e. The zero-order valence-corrected chi connectivity index (χ0v) is 12.4. The molecule has 9 heteroatoms. The summed E-state index contributed by atoms with van der Waals surface area (Å²) >= 11 is 6.44. The highest BCUT2D eigenvalue weighted by Crippen LogP contribution is 2.32. The van der Waals surface area contributed by atoms with Crippen molar-refractivity contribution in [2.45, 2.75) is 4.90 Å². The monoisotopic (exact) mass is 333 g/mol. The molecule has 2 rings (SSSR count). The second-order valence-corrected chi connectivity index (χ2v) is 7.09. The number of halogens is 1. The minimum absolute atomic E-state index is 0.0690. The van der Waals surface area contributed by atoms with Crippen LogP contribution in [0.3, 0.4) is 0 Å². The number of hydrogen-bond donors (Lipinski definition) is 1. The number of ether oxygens (including phenoxy) is 1. The van der Waals surface area contributed by atoms with Crippen LogP contribution in [-0.2, 0) is 9.84 Å². The molecule has 2 aromatic rings. The normalized spacial score (nSPS) is 11.3. The lowest BCUT2D eigenvalue weighted by molar-refractivity contribution is 0.0702. The molecule has 0 fully saturated rings. The van der Waals surface area contributed by atoms with Crippen molar-refractivity contribution in [1.82, 2.24) is 4.98 Å². The lowest BCUT2D eigenvalue weighted by Crippen LogP contribution is -1.96. The van der Waals surface area contributed by atoms with Gasteiger partial charge in [-0.15, -0.1) is 0 Å². The predicted octanol–water partition coefficient (Wildman–Crippen LogP) is 2.69. The molecule has 1 aromatic heterocycles. The highest BCUT2D eigenvalue weighted by Gasteiger charge is 2.17. The molecule has 1 aromatic carbocycles. The van der Waals surface area contributed by atoms with Crippen molar-refractivity contribution in [2.75, 3.05) is 6.26 Å². The van der Waals surface area contributed by atoms with Crippen LogP contribution in [0, 0.1) is 0 Å². The Morgan fingerprint density at radius 2 is 1.95 bits per heavy atom. The van der Waals surface area contributed by atoms with Gasteiger partial charge in [-0.2, -0.15) is 4.98 Å². The molecule has 20 heavy (non-hydrogen) atoms. The van der Waals surface area contributed by atoms with Crippen molar-refractivity contribution in [3.8, 4) is 10.9 Å². The van der Waals surface area contributed by atoms with Gasteiger partial charge in [0.1, 0.15) is 5.75 Å². The maximum atomic E-state index is 11.3. The molecule has 0 atom stereocenters. The molecule has 106 valence electrons. The summed E-state index contributed by atoms with van der Waals surface area (Å²) in [7, 11) is -3.27. The summed E-state index contributed by atoms with van der Waals surface area (Å²) in [6, 6.07) is 5.67. The van der Waals surface area contributed by atoms with Crippen LogP contribution in [0.2, 0.25) is 5.15 Å². The van der Waals surface area contributed by atoms with Gasteiger partial charge in [0.15, 0.2) is 19.9 Å². The average molecular weight is 334 g/mol. The van der Waals surface area contributed by atoms with Gasteiger partial charge in [0.2, 0.25) is 0 Å². The molecule has 0 amide bonds. The number of carboxylic acid groups (broad SMARTS) is 1. The number of nitrogens with zero attached hydrogens (tertiary/aromatic N) is 1. The fourth-order valence-electron chi connectivity index (χ4n) is 1.31. The molecule has 0 aliphatic carbocycles. The lowest BCUT2D eigenvalue weighted by atomic mass is 10.3. The second-order valence-electron chi connectivity index (χ2n) is 3.75. The highest BCUT2D eigenvalue weighted by atomic mass is 35.5. The molecule has 6 nitrogen and oxygen atoms in total. The van der Waals surface area contributed by atoms with E-state index in [2.05, 4.69) is 4.98 Å². The van der Waals surface area contributed by atoms with Crippen LogP contribution < -0.4 is 4.74 Å². The Labute approximate surface area is 123 Å². The molecule has 0 radical (unpaired) electrons. The van der Waals surface area contributed by atoms with Crippen molar-refractivity contribution in [1.29, 1.82) is 0 Å². The SMILES string of the molecule is CS(=O)(=O)c1ccc(Oc2nc(Cl)c(C(=O)O)s2)cc1. The summed E-state index contributed by atoms with van der Waals surface area (Å²) in [5, 5.41) is 8.76. The largest absolute Gasteiger partial charge is 0.477 e. The van der Waals surface area contributed by atoms with Crippen LogP contribution in [0.25, 0.3) is 0 Å². The first-order chi connectivity index (χ1) is 9.27. The molecule has 0 saturated carbocycles. The highest BCUT2D eigenvalue weighted by molar-refractivity contribution is 7.90. The molecular weight excluding hydrogens is 326 g/mol. The Balaban J connectivity index is 2.22. The number of benzene rings is 1. The number of aromatic carboxylic acids is 1. The maximum Gasteiger partial charge on any atom is 0.349 e. The Morgan fingerprint density at radius 1 is 1.35 bits per heavy atom. The molecule has 1 N–H and O–H groups in total. The van der Waals surface area contributed by atoms with Crippen LogP contribution in [-0.4, -0.2) is 30.7 Å². The number of aromatic nitrogens is 1. The maximum absolute atomic E-state index is 11.3. The van der Waals surface area contributed by atoms with Crippen LogP contribution >= 0.6 is 22.9 Å². The predicted molar refractivity (Wildman–Crippen MR) is 73.7 cm³/mol. The zero-order chi connectivity index (χ0) is 14.9. The van der Waals surface area contributed by atoms with Crippen LogP contribution in [0.5, 0.6) is 10.9 Å². The van der Waals surface area contributed by atoms with Gasteiger partial charge in [0.05, 0.1) is 4.90 Å². The van der Waals surface area contributed by atoms with E-state index >= 15 is 0 Å². The van der Waals surface area contributed by atoms with E-state index in [1.165, 1.54) is 24.3 Å². The standard InChI is InChI=1S/C11H8ClNO5S2/c1-20(16,17)7-4-2-6(3-5-7)18-11-13-9(12)8(19-11)10(14)15/h2-5H,1H3,(H,14,15). The van der Waals surface area contributed by atoms with Crippen molar-refractivity contribution in [3.05, 3.63) is 34.3 Å². The Bertz CT molecular complexity index is 752. The average Bonchev–Trinajstić information content (AvgIpc) is 2.70. The molecule has 0 aliphatic heterocycles. The number of thiazole rings is 1.